The third-order valence-electron chi connectivity index (χ3n) is 4.25. The molecule has 0 saturated heterocycles. The van der Waals surface area contributed by atoms with Gasteiger partial charge >= 0.3 is 11.9 Å². The lowest BCUT2D eigenvalue weighted by atomic mass is 9.99. The molecule has 0 bridgehead atoms. The molecule has 0 saturated carbocycles. The zero-order valence-electron chi connectivity index (χ0n) is 15.2. The lowest BCUT2D eigenvalue weighted by Gasteiger charge is -2.16. The molecule has 1 aromatic heterocycles. The molecule has 0 aliphatic rings. The van der Waals surface area contributed by atoms with Crippen LogP contribution in [0.4, 0.5) is 13.2 Å². The predicted molar refractivity (Wildman–Crippen MR) is 104 cm³/mol. The van der Waals surface area contributed by atoms with E-state index in [1.807, 2.05) is 0 Å². The molecule has 0 atom stereocenters. The van der Waals surface area contributed by atoms with Crippen molar-refractivity contribution in [2.24, 2.45) is 12.9 Å². The Hall–Kier alpha value is -2.92. The molecule has 152 valence electrons. The Morgan fingerprint density at radius 2 is 1.86 bits per heavy atom. The summed E-state index contributed by atoms with van der Waals surface area (Å²) in [6, 6.07) is 9.71. The fourth-order valence-electron chi connectivity index (χ4n) is 2.77. The van der Waals surface area contributed by atoms with Crippen molar-refractivity contribution in [1.29, 1.82) is 0 Å². The van der Waals surface area contributed by atoms with Crippen molar-refractivity contribution in [2.45, 2.75) is 13.1 Å². The Labute approximate surface area is 171 Å². The Balaban J connectivity index is 2.26. The van der Waals surface area contributed by atoms with Crippen LogP contribution >= 0.6 is 15.9 Å². The van der Waals surface area contributed by atoms with E-state index >= 15 is 0 Å². The molecule has 0 spiro atoms. The van der Waals surface area contributed by atoms with Crippen LogP contribution in [0.5, 0.6) is 0 Å². The van der Waals surface area contributed by atoms with Gasteiger partial charge in [-0.3, -0.25) is 0 Å². The van der Waals surface area contributed by atoms with Crippen LogP contribution in [0.15, 0.2) is 51.7 Å². The first-order valence-corrected chi connectivity index (χ1v) is 8.98. The molecule has 1 heterocycles. The van der Waals surface area contributed by atoms with Crippen LogP contribution in [-0.4, -0.2) is 19.8 Å². The average molecular weight is 470 g/mol. The number of alkyl halides is 3. The summed E-state index contributed by atoms with van der Waals surface area (Å²) in [5.41, 5.74) is -0.0883. The highest BCUT2D eigenvalue weighted by Gasteiger charge is 2.31. The van der Waals surface area contributed by atoms with Crippen LogP contribution < -0.4 is 11.6 Å². The monoisotopic (exact) mass is 469 g/mol. The Bertz CT molecular complexity index is 1150. The average Bonchev–Trinajstić information content (AvgIpc) is 3.01. The molecule has 2 aromatic carbocycles. The van der Waals surface area contributed by atoms with E-state index in [0.29, 0.717) is 21.3 Å². The molecule has 0 aliphatic carbocycles. The summed E-state index contributed by atoms with van der Waals surface area (Å²) in [7, 11) is 1.44. The van der Waals surface area contributed by atoms with E-state index in [0.717, 1.165) is 21.5 Å². The number of rotatable bonds is 4. The van der Waals surface area contributed by atoms with Gasteiger partial charge in [0.05, 0.1) is 16.8 Å². The van der Waals surface area contributed by atoms with E-state index in [-0.39, 0.29) is 11.3 Å². The van der Waals surface area contributed by atoms with Crippen LogP contribution in [0, 0.1) is 0 Å². The van der Waals surface area contributed by atoms with Crippen molar-refractivity contribution < 1.29 is 18.0 Å². The Morgan fingerprint density at radius 3 is 2.45 bits per heavy atom. The second-order valence-electron chi connectivity index (χ2n) is 6.08. The van der Waals surface area contributed by atoms with Crippen LogP contribution in [0.2, 0.25) is 0 Å². The fraction of sp³-hybridized carbons (Fsp3) is 0.167. The lowest BCUT2D eigenvalue weighted by molar-refractivity contribution is -0.137. The number of nitrogens with zero attached hydrogens (tertiary/aromatic N) is 4. The predicted octanol–water partition coefficient (Wildman–Crippen LogP) is 3.53. The van der Waals surface area contributed by atoms with Crippen LogP contribution in [-0.2, 0) is 18.1 Å². The quantitative estimate of drug-likeness (QED) is 0.358. The zero-order chi connectivity index (χ0) is 21.3. The third-order valence-corrected chi connectivity index (χ3v) is 4.91. The second-order valence-corrected chi connectivity index (χ2v) is 6.94. The second kappa shape index (κ2) is 7.84. The Morgan fingerprint density at radius 1 is 1.17 bits per heavy atom. The largest absolute Gasteiger partial charge is 0.416 e. The number of aryl methyl sites for hydroxylation is 1. The van der Waals surface area contributed by atoms with Gasteiger partial charge in [0.1, 0.15) is 0 Å². The maximum absolute atomic E-state index is 13.1. The molecule has 29 heavy (non-hydrogen) atoms. The third kappa shape index (κ3) is 3.96. The van der Waals surface area contributed by atoms with Crippen molar-refractivity contribution in [3.8, 4) is 5.69 Å². The van der Waals surface area contributed by atoms with Crippen molar-refractivity contribution in [3.63, 3.8) is 0 Å². The molecule has 2 N–H and O–H groups in total. The maximum atomic E-state index is 13.1. The molecule has 3 aromatic rings. The summed E-state index contributed by atoms with van der Waals surface area (Å²) in [4.78, 5) is 17.4. The summed E-state index contributed by atoms with van der Waals surface area (Å²) in [5.74, 6) is 5.57. The minimum Gasteiger partial charge on any atom is -0.410 e. The molecule has 0 radical (unpaired) electrons. The van der Waals surface area contributed by atoms with Crippen LogP contribution in [0.3, 0.4) is 0 Å². The van der Waals surface area contributed by atoms with Gasteiger partial charge in [0.15, 0.2) is 5.76 Å². The van der Waals surface area contributed by atoms with Crippen molar-refractivity contribution >= 4 is 27.3 Å². The number of aromatic nitrogens is 4. The highest BCUT2D eigenvalue weighted by atomic mass is 79.9. The number of allylic oxidation sites excluding steroid dienone is 1. The molecule has 0 unspecified atom stereocenters. The maximum Gasteiger partial charge on any atom is 0.416 e. The SMILES string of the molecule is C/C(=C(\ON)c1c(Br)cccc1-n1nnn(C)c1=O)c1cccc(C(F)(F)F)c1. The minimum absolute atomic E-state index is 0.0735. The first-order chi connectivity index (χ1) is 13.6. The topological polar surface area (TPSA) is 88.0 Å². The van der Waals surface area contributed by atoms with Gasteiger partial charge in [0, 0.05) is 17.1 Å². The normalized spacial score (nSPS) is 12.7. The number of hydrogen-bond acceptors (Lipinski definition) is 5. The van der Waals surface area contributed by atoms with E-state index in [9.17, 15) is 18.0 Å². The van der Waals surface area contributed by atoms with Gasteiger partial charge < -0.3 is 4.84 Å². The number of halogens is 4. The summed E-state index contributed by atoms with van der Waals surface area (Å²) < 4.78 is 41.9. The highest BCUT2D eigenvalue weighted by molar-refractivity contribution is 9.10. The van der Waals surface area contributed by atoms with E-state index in [1.165, 1.54) is 19.2 Å². The van der Waals surface area contributed by atoms with Gasteiger partial charge in [-0.2, -0.15) is 28.4 Å². The summed E-state index contributed by atoms with van der Waals surface area (Å²) >= 11 is 3.38. The van der Waals surface area contributed by atoms with Gasteiger partial charge in [0.2, 0.25) is 0 Å². The lowest BCUT2D eigenvalue weighted by Crippen LogP contribution is -2.23. The van der Waals surface area contributed by atoms with E-state index in [2.05, 4.69) is 26.4 Å². The molecular weight excluding hydrogens is 455 g/mol. The number of nitrogens with two attached hydrogens (primary N) is 1. The van der Waals surface area contributed by atoms with Gasteiger partial charge in [-0.1, -0.05) is 18.2 Å². The zero-order valence-corrected chi connectivity index (χ0v) is 16.8. The fourth-order valence-corrected chi connectivity index (χ4v) is 3.31. The van der Waals surface area contributed by atoms with Crippen molar-refractivity contribution in [2.75, 3.05) is 0 Å². The van der Waals surface area contributed by atoms with Gasteiger partial charge in [-0.05, 0) is 63.1 Å². The number of hydrogen-bond donors (Lipinski definition) is 1. The molecule has 0 fully saturated rings. The van der Waals surface area contributed by atoms with Crippen molar-refractivity contribution in [3.05, 3.63) is 74.1 Å². The summed E-state index contributed by atoms with van der Waals surface area (Å²) in [6.45, 7) is 1.57. The summed E-state index contributed by atoms with van der Waals surface area (Å²) in [5, 5.41) is 7.49. The molecule has 0 aliphatic heterocycles. The van der Waals surface area contributed by atoms with E-state index in [4.69, 9.17) is 10.7 Å². The standard InChI is InChI=1S/C18H15BrF3N5O2/c1-10(11-5-3-6-12(9-11)18(20,21)22)16(29-23)15-13(19)7-4-8-14(15)27-17(28)26(2)24-25-27/h3-9H,23H2,1-2H3/b16-10+. The van der Waals surface area contributed by atoms with Gasteiger partial charge in [-0.15, -0.1) is 0 Å². The van der Waals surface area contributed by atoms with Gasteiger partial charge in [-0.25, -0.2) is 4.79 Å². The minimum atomic E-state index is -4.49. The van der Waals surface area contributed by atoms with E-state index < -0.39 is 17.4 Å². The highest BCUT2D eigenvalue weighted by Crippen LogP contribution is 2.36. The van der Waals surface area contributed by atoms with Crippen molar-refractivity contribution in [1.82, 2.24) is 19.8 Å². The first kappa shape index (κ1) is 20.8. The molecule has 11 heteroatoms. The first-order valence-electron chi connectivity index (χ1n) is 8.18. The molecule has 0 amide bonds. The van der Waals surface area contributed by atoms with Gasteiger partial charge in [0.25, 0.3) is 0 Å². The molecular formula is C18H15BrF3N5O2. The summed E-state index contributed by atoms with van der Waals surface area (Å²) in [6.07, 6.45) is -4.49. The smallest absolute Gasteiger partial charge is 0.410 e. The van der Waals surface area contributed by atoms with Crippen LogP contribution in [0.25, 0.3) is 17.0 Å². The number of tetrazole rings is 1. The molecule has 7 nitrogen and oxygen atoms in total. The van der Waals surface area contributed by atoms with Crippen LogP contribution in [0.1, 0.15) is 23.6 Å². The van der Waals surface area contributed by atoms with E-state index in [1.54, 1.807) is 25.1 Å². The molecule has 3 rings (SSSR count). The Kier molecular flexibility index (Phi) is 5.62. The number of benzene rings is 2.